The molecule has 0 bridgehead atoms. The van der Waals surface area contributed by atoms with Gasteiger partial charge in [-0.15, -0.1) is 0 Å². The molecule has 25 heavy (non-hydrogen) atoms. The molecule has 0 aliphatic carbocycles. The zero-order chi connectivity index (χ0) is 17.6. The number of hydrogen-bond acceptors (Lipinski definition) is 4. The highest BCUT2D eigenvalue weighted by Crippen LogP contribution is 2.11. The van der Waals surface area contributed by atoms with Crippen LogP contribution in [0.5, 0.6) is 0 Å². The molecule has 0 unspecified atom stereocenters. The minimum atomic E-state index is -0.0324. The van der Waals surface area contributed by atoms with E-state index in [4.69, 9.17) is 0 Å². The number of thiophene rings is 1. The Balaban J connectivity index is 1.39. The number of carbonyl (C=O) groups is 2. The van der Waals surface area contributed by atoms with Gasteiger partial charge in [0.1, 0.15) is 0 Å². The van der Waals surface area contributed by atoms with Crippen LogP contribution in [0, 0.1) is 6.92 Å². The van der Waals surface area contributed by atoms with Crippen molar-refractivity contribution in [2.45, 2.75) is 6.92 Å². The smallest absolute Gasteiger partial charge is 0.254 e. The molecule has 1 N–H and O–H groups in total. The van der Waals surface area contributed by atoms with Gasteiger partial charge in [-0.1, -0.05) is 17.7 Å². The molecule has 1 fully saturated rings. The van der Waals surface area contributed by atoms with Crippen molar-refractivity contribution in [3.63, 3.8) is 0 Å². The van der Waals surface area contributed by atoms with Gasteiger partial charge in [-0.2, -0.15) is 11.3 Å². The number of hydrogen-bond donors (Lipinski definition) is 1. The molecule has 1 aliphatic rings. The van der Waals surface area contributed by atoms with Crippen molar-refractivity contribution < 1.29 is 9.59 Å². The van der Waals surface area contributed by atoms with Crippen LogP contribution >= 0.6 is 11.3 Å². The van der Waals surface area contributed by atoms with E-state index in [2.05, 4.69) is 10.2 Å². The number of aryl methyl sites for hydroxylation is 1. The average Bonchev–Trinajstić information content (AvgIpc) is 3.16. The number of nitrogens with one attached hydrogen (secondary N) is 1. The summed E-state index contributed by atoms with van der Waals surface area (Å²) in [6, 6.07) is 9.48. The Hall–Kier alpha value is -2.18. The molecule has 132 valence electrons. The van der Waals surface area contributed by atoms with Crippen LogP contribution in [0.15, 0.2) is 41.1 Å². The Labute approximate surface area is 152 Å². The molecule has 1 aromatic heterocycles. The molecule has 5 nitrogen and oxygen atoms in total. The lowest BCUT2D eigenvalue weighted by Crippen LogP contribution is -2.50. The number of carbonyl (C=O) groups excluding carboxylic acids is 2. The molecule has 0 radical (unpaired) electrons. The molecule has 2 heterocycles. The van der Waals surface area contributed by atoms with Crippen molar-refractivity contribution in [3.05, 3.63) is 57.8 Å². The number of nitrogens with zero attached hydrogens (tertiary/aromatic N) is 2. The molecule has 1 aliphatic heterocycles. The van der Waals surface area contributed by atoms with Crippen LogP contribution in [0.2, 0.25) is 0 Å². The van der Waals surface area contributed by atoms with E-state index in [1.807, 2.05) is 52.9 Å². The summed E-state index contributed by atoms with van der Waals surface area (Å²) >= 11 is 1.55. The van der Waals surface area contributed by atoms with Crippen molar-refractivity contribution in [2.75, 3.05) is 39.3 Å². The second kappa shape index (κ2) is 8.27. The van der Waals surface area contributed by atoms with Crippen molar-refractivity contribution in [1.29, 1.82) is 0 Å². The van der Waals surface area contributed by atoms with Gasteiger partial charge in [0, 0.05) is 50.2 Å². The summed E-state index contributed by atoms with van der Waals surface area (Å²) < 4.78 is 0. The molecular weight excluding hydrogens is 334 g/mol. The largest absolute Gasteiger partial charge is 0.351 e. The Morgan fingerprint density at radius 1 is 1.12 bits per heavy atom. The lowest BCUT2D eigenvalue weighted by atomic mass is 10.1. The molecular formula is C19H23N3O2S. The van der Waals surface area contributed by atoms with Crippen molar-refractivity contribution >= 4 is 23.2 Å². The molecule has 3 rings (SSSR count). The first kappa shape index (κ1) is 17.6. The fourth-order valence-electron chi connectivity index (χ4n) is 2.96. The summed E-state index contributed by atoms with van der Waals surface area (Å²) in [5.41, 5.74) is 2.56. The van der Waals surface area contributed by atoms with Crippen molar-refractivity contribution in [1.82, 2.24) is 15.1 Å². The number of piperazine rings is 1. The third-order valence-corrected chi connectivity index (χ3v) is 5.10. The molecule has 2 aromatic rings. The average molecular weight is 357 g/mol. The quantitative estimate of drug-likeness (QED) is 0.893. The molecule has 0 saturated carbocycles. The predicted octanol–water partition coefficient (Wildman–Crippen LogP) is 2.24. The van der Waals surface area contributed by atoms with E-state index in [1.54, 1.807) is 11.3 Å². The molecule has 2 amide bonds. The normalized spacial score (nSPS) is 15.2. The lowest BCUT2D eigenvalue weighted by molar-refractivity contribution is 0.0638. The van der Waals surface area contributed by atoms with Gasteiger partial charge in [0.2, 0.25) is 0 Å². The number of amides is 2. The first-order valence-corrected chi connectivity index (χ1v) is 9.46. The Kier molecular flexibility index (Phi) is 5.83. The van der Waals surface area contributed by atoms with Crippen LogP contribution in [-0.2, 0) is 0 Å². The Morgan fingerprint density at radius 2 is 1.92 bits per heavy atom. The van der Waals surface area contributed by atoms with E-state index in [1.165, 1.54) is 0 Å². The maximum Gasteiger partial charge on any atom is 0.254 e. The Bertz CT molecular complexity index is 722. The zero-order valence-electron chi connectivity index (χ0n) is 14.4. The van der Waals surface area contributed by atoms with E-state index in [0.29, 0.717) is 12.1 Å². The van der Waals surface area contributed by atoms with E-state index < -0.39 is 0 Å². The minimum absolute atomic E-state index is 0.0324. The summed E-state index contributed by atoms with van der Waals surface area (Å²) in [5, 5.41) is 6.80. The molecule has 6 heteroatoms. The zero-order valence-corrected chi connectivity index (χ0v) is 15.2. The third-order valence-electron chi connectivity index (χ3n) is 4.42. The van der Waals surface area contributed by atoms with Gasteiger partial charge in [0.25, 0.3) is 11.8 Å². The number of benzene rings is 1. The maximum absolute atomic E-state index is 12.3. The molecule has 1 aromatic carbocycles. The molecule has 1 saturated heterocycles. The first-order chi connectivity index (χ1) is 12.1. The summed E-state index contributed by atoms with van der Waals surface area (Å²) in [6.45, 7) is 6.56. The third kappa shape index (κ3) is 4.67. The molecule has 0 spiro atoms. The summed E-state index contributed by atoms with van der Waals surface area (Å²) in [6.07, 6.45) is 0. The summed E-state index contributed by atoms with van der Waals surface area (Å²) in [7, 11) is 0. The van der Waals surface area contributed by atoms with Crippen molar-refractivity contribution in [2.24, 2.45) is 0 Å². The van der Waals surface area contributed by atoms with Gasteiger partial charge in [0.05, 0.1) is 5.56 Å². The topological polar surface area (TPSA) is 52.7 Å². The van der Waals surface area contributed by atoms with E-state index in [9.17, 15) is 9.59 Å². The monoisotopic (exact) mass is 357 g/mol. The number of rotatable bonds is 5. The lowest BCUT2D eigenvalue weighted by Gasteiger charge is -2.34. The SMILES string of the molecule is Cc1cccc(C(=O)NCCN2CCN(C(=O)c3ccsc3)CC2)c1. The van der Waals surface area contributed by atoms with Crippen LogP contribution in [0.25, 0.3) is 0 Å². The highest BCUT2D eigenvalue weighted by Gasteiger charge is 2.22. The van der Waals surface area contributed by atoms with Crippen LogP contribution in [0.3, 0.4) is 0 Å². The van der Waals surface area contributed by atoms with Gasteiger partial charge in [-0.25, -0.2) is 0 Å². The van der Waals surface area contributed by atoms with Gasteiger partial charge in [-0.05, 0) is 30.5 Å². The van der Waals surface area contributed by atoms with Gasteiger partial charge >= 0.3 is 0 Å². The van der Waals surface area contributed by atoms with Gasteiger partial charge in [-0.3, -0.25) is 14.5 Å². The fourth-order valence-corrected chi connectivity index (χ4v) is 3.59. The Morgan fingerprint density at radius 3 is 2.60 bits per heavy atom. The van der Waals surface area contributed by atoms with E-state index >= 15 is 0 Å². The minimum Gasteiger partial charge on any atom is -0.351 e. The highest BCUT2D eigenvalue weighted by atomic mass is 32.1. The fraction of sp³-hybridized carbons (Fsp3) is 0.368. The first-order valence-electron chi connectivity index (χ1n) is 8.52. The van der Waals surface area contributed by atoms with Crippen LogP contribution in [0.1, 0.15) is 26.3 Å². The second-order valence-electron chi connectivity index (χ2n) is 6.27. The summed E-state index contributed by atoms with van der Waals surface area (Å²) in [5.74, 6) is 0.0867. The van der Waals surface area contributed by atoms with E-state index in [-0.39, 0.29) is 11.8 Å². The maximum atomic E-state index is 12.3. The van der Waals surface area contributed by atoms with E-state index in [0.717, 1.165) is 43.9 Å². The van der Waals surface area contributed by atoms with Gasteiger partial charge in [0.15, 0.2) is 0 Å². The van der Waals surface area contributed by atoms with Gasteiger partial charge < -0.3 is 10.2 Å². The van der Waals surface area contributed by atoms with Crippen LogP contribution in [-0.4, -0.2) is 60.9 Å². The standard InChI is InChI=1S/C19H23N3O2S/c1-15-3-2-4-16(13-15)18(23)20-6-7-21-8-10-22(11-9-21)19(24)17-5-12-25-14-17/h2-5,12-14H,6-11H2,1H3,(H,20,23). The summed E-state index contributed by atoms with van der Waals surface area (Å²) in [4.78, 5) is 28.6. The van der Waals surface area contributed by atoms with Crippen LogP contribution < -0.4 is 5.32 Å². The van der Waals surface area contributed by atoms with Crippen LogP contribution in [0.4, 0.5) is 0 Å². The predicted molar refractivity (Wildman–Crippen MR) is 100 cm³/mol. The second-order valence-corrected chi connectivity index (χ2v) is 7.05. The molecule has 0 atom stereocenters. The highest BCUT2D eigenvalue weighted by molar-refractivity contribution is 7.08. The van der Waals surface area contributed by atoms with Crippen molar-refractivity contribution in [3.8, 4) is 0 Å².